The van der Waals surface area contributed by atoms with Gasteiger partial charge in [0.1, 0.15) is 0 Å². The first-order chi connectivity index (χ1) is 14.1. The Morgan fingerprint density at radius 2 is 1.76 bits per heavy atom. The summed E-state index contributed by atoms with van der Waals surface area (Å²) in [6.07, 6.45) is 0. The summed E-state index contributed by atoms with van der Waals surface area (Å²) in [6, 6.07) is 22.4. The van der Waals surface area contributed by atoms with E-state index >= 15 is 0 Å². The molecule has 2 N–H and O–H groups in total. The van der Waals surface area contributed by atoms with Gasteiger partial charge in [-0.05, 0) is 53.1 Å². The van der Waals surface area contributed by atoms with E-state index in [4.69, 9.17) is 15.2 Å². The van der Waals surface area contributed by atoms with Crippen molar-refractivity contribution in [2.24, 2.45) is 5.73 Å². The highest BCUT2D eigenvalue weighted by molar-refractivity contribution is 5.96. The lowest BCUT2D eigenvalue weighted by molar-refractivity contribution is 0.0999. The first-order valence-corrected chi connectivity index (χ1v) is 9.48. The van der Waals surface area contributed by atoms with E-state index in [1.54, 1.807) is 0 Å². The second-order valence-electron chi connectivity index (χ2n) is 7.23. The minimum Gasteiger partial charge on any atom is -0.454 e. The molecule has 0 bridgehead atoms. The number of rotatable bonds is 4. The van der Waals surface area contributed by atoms with E-state index in [0.29, 0.717) is 12.1 Å². The molecule has 5 heteroatoms. The van der Waals surface area contributed by atoms with Crippen molar-refractivity contribution in [3.8, 4) is 22.8 Å². The highest BCUT2D eigenvalue weighted by Crippen LogP contribution is 2.34. The average molecular weight is 384 g/mol. The van der Waals surface area contributed by atoms with Crippen molar-refractivity contribution in [1.82, 2.24) is 4.57 Å². The number of carbonyl (C=O) groups excluding carboxylic acids is 1. The van der Waals surface area contributed by atoms with Crippen molar-refractivity contribution < 1.29 is 14.3 Å². The molecular weight excluding hydrogens is 364 g/mol. The number of aromatic nitrogens is 1. The molecule has 0 spiro atoms. The summed E-state index contributed by atoms with van der Waals surface area (Å²) in [4.78, 5) is 12.0. The molecule has 29 heavy (non-hydrogen) atoms. The normalized spacial score (nSPS) is 12.4. The molecule has 5 nitrogen and oxygen atoms in total. The SMILES string of the molecule is Cc1c(C(N)=O)cc(-c2ccc3ccccc3c2)n1Cc1ccc2c(c1)OCO2. The number of nitrogens with two attached hydrogens (primary N) is 1. The molecule has 0 saturated heterocycles. The van der Waals surface area contributed by atoms with Crippen LogP contribution in [0.15, 0.2) is 66.7 Å². The van der Waals surface area contributed by atoms with Crippen molar-refractivity contribution in [1.29, 1.82) is 0 Å². The topological polar surface area (TPSA) is 66.5 Å². The standard InChI is InChI=1S/C24H20N2O3/c1-15-20(24(25)27)12-21(19-8-7-17-4-2-3-5-18(17)11-19)26(15)13-16-6-9-22-23(10-16)29-14-28-22/h2-12H,13-14H2,1H3,(H2,25,27). The fourth-order valence-electron chi connectivity index (χ4n) is 3.91. The minimum atomic E-state index is -0.422. The molecule has 4 aromatic rings. The number of nitrogens with zero attached hydrogens (tertiary/aromatic N) is 1. The molecule has 0 fully saturated rings. The molecule has 0 atom stereocenters. The van der Waals surface area contributed by atoms with Crippen LogP contribution in [0.2, 0.25) is 0 Å². The molecule has 1 aromatic heterocycles. The number of ether oxygens (including phenoxy) is 2. The van der Waals surface area contributed by atoms with Crippen LogP contribution in [0, 0.1) is 6.92 Å². The van der Waals surface area contributed by atoms with Crippen LogP contribution in [0.1, 0.15) is 21.6 Å². The van der Waals surface area contributed by atoms with E-state index in [-0.39, 0.29) is 6.79 Å². The Balaban J connectivity index is 1.62. The third-order valence-electron chi connectivity index (χ3n) is 5.45. The maximum Gasteiger partial charge on any atom is 0.250 e. The Morgan fingerprint density at radius 3 is 2.59 bits per heavy atom. The van der Waals surface area contributed by atoms with E-state index in [9.17, 15) is 4.79 Å². The van der Waals surface area contributed by atoms with Crippen LogP contribution in [0.4, 0.5) is 0 Å². The van der Waals surface area contributed by atoms with E-state index in [0.717, 1.165) is 39.4 Å². The molecule has 5 rings (SSSR count). The van der Waals surface area contributed by atoms with Crippen molar-refractivity contribution in [2.75, 3.05) is 6.79 Å². The quantitative estimate of drug-likeness (QED) is 0.564. The van der Waals surface area contributed by atoms with E-state index in [1.807, 2.05) is 43.3 Å². The van der Waals surface area contributed by atoms with Gasteiger partial charge in [0, 0.05) is 17.9 Å². The van der Waals surface area contributed by atoms with Crippen molar-refractivity contribution in [3.63, 3.8) is 0 Å². The van der Waals surface area contributed by atoms with Crippen LogP contribution in [-0.2, 0) is 6.54 Å². The highest BCUT2D eigenvalue weighted by Gasteiger charge is 2.19. The Labute approximate surface area is 168 Å². The fourth-order valence-corrected chi connectivity index (χ4v) is 3.91. The zero-order valence-corrected chi connectivity index (χ0v) is 16.0. The van der Waals surface area contributed by atoms with E-state index in [1.165, 1.54) is 5.39 Å². The summed E-state index contributed by atoms with van der Waals surface area (Å²) in [7, 11) is 0. The van der Waals surface area contributed by atoms with Gasteiger partial charge in [-0.1, -0.05) is 42.5 Å². The van der Waals surface area contributed by atoms with Crippen LogP contribution in [0.25, 0.3) is 22.0 Å². The molecular formula is C24H20N2O3. The first kappa shape index (κ1) is 17.4. The lowest BCUT2D eigenvalue weighted by Crippen LogP contribution is -2.12. The number of hydrogen-bond donors (Lipinski definition) is 1. The zero-order chi connectivity index (χ0) is 20.0. The molecule has 0 aliphatic carbocycles. The number of fused-ring (bicyclic) bond motifs is 2. The molecule has 0 unspecified atom stereocenters. The fraction of sp³-hybridized carbons (Fsp3) is 0.125. The minimum absolute atomic E-state index is 0.246. The molecule has 1 amide bonds. The number of benzene rings is 3. The van der Waals surface area contributed by atoms with Gasteiger partial charge >= 0.3 is 0 Å². The maximum atomic E-state index is 12.0. The lowest BCUT2D eigenvalue weighted by Gasteiger charge is -2.13. The van der Waals surface area contributed by atoms with Crippen LogP contribution in [-0.4, -0.2) is 17.3 Å². The average Bonchev–Trinajstić information content (AvgIpc) is 3.32. The van der Waals surface area contributed by atoms with Crippen LogP contribution in [0.3, 0.4) is 0 Å². The molecule has 3 aromatic carbocycles. The summed E-state index contributed by atoms with van der Waals surface area (Å²) in [5, 5.41) is 2.33. The van der Waals surface area contributed by atoms with Gasteiger partial charge in [0.25, 0.3) is 5.91 Å². The van der Waals surface area contributed by atoms with Crippen LogP contribution >= 0.6 is 0 Å². The van der Waals surface area contributed by atoms with Crippen molar-refractivity contribution in [2.45, 2.75) is 13.5 Å². The summed E-state index contributed by atoms with van der Waals surface area (Å²) >= 11 is 0. The van der Waals surface area contributed by atoms with Gasteiger partial charge in [0.05, 0.1) is 5.56 Å². The Morgan fingerprint density at radius 1 is 0.966 bits per heavy atom. The Kier molecular flexibility index (Phi) is 4.02. The van der Waals surface area contributed by atoms with Gasteiger partial charge in [0.2, 0.25) is 6.79 Å². The number of carbonyl (C=O) groups is 1. The summed E-state index contributed by atoms with van der Waals surface area (Å²) in [5.41, 5.74) is 10.1. The van der Waals surface area contributed by atoms with Gasteiger partial charge in [-0.25, -0.2) is 0 Å². The smallest absolute Gasteiger partial charge is 0.250 e. The second kappa shape index (κ2) is 6.71. The molecule has 0 radical (unpaired) electrons. The van der Waals surface area contributed by atoms with E-state index < -0.39 is 5.91 Å². The molecule has 144 valence electrons. The van der Waals surface area contributed by atoms with E-state index in [2.05, 4.69) is 34.9 Å². The number of primary amides is 1. The van der Waals surface area contributed by atoms with Crippen LogP contribution in [0.5, 0.6) is 11.5 Å². The van der Waals surface area contributed by atoms with Crippen molar-refractivity contribution in [3.05, 3.63) is 83.6 Å². The maximum absolute atomic E-state index is 12.0. The molecule has 1 aliphatic rings. The van der Waals surface area contributed by atoms with Crippen LogP contribution < -0.4 is 15.2 Å². The van der Waals surface area contributed by atoms with Gasteiger partial charge in [-0.3, -0.25) is 4.79 Å². The Hall–Kier alpha value is -3.73. The third kappa shape index (κ3) is 3.01. The number of hydrogen-bond acceptors (Lipinski definition) is 3. The molecule has 1 aliphatic heterocycles. The largest absolute Gasteiger partial charge is 0.454 e. The Bertz CT molecular complexity index is 1260. The summed E-state index contributed by atoms with van der Waals surface area (Å²) in [5.74, 6) is 1.08. The first-order valence-electron chi connectivity index (χ1n) is 9.48. The zero-order valence-electron chi connectivity index (χ0n) is 16.0. The number of amides is 1. The summed E-state index contributed by atoms with van der Waals surface area (Å²) in [6.45, 7) is 2.77. The predicted octanol–water partition coefficient (Wildman–Crippen LogP) is 4.49. The highest BCUT2D eigenvalue weighted by atomic mass is 16.7. The lowest BCUT2D eigenvalue weighted by atomic mass is 10.0. The van der Waals surface area contributed by atoms with Gasteiger partial charge in [0.15, 0.2) is 11.5 Å². The van der Waals surface area contributed by atoms with Gasteiger partial charge in [-0.15, -0.1) is 0 Å². The third-order valence-corrected chi connectivity index (χ3v) is 5.45. The monoisotopic (exact) mass is 384 g/mol. The van der Waals surface area contributed by atoms with Gasteiger partial charge in [-0.2, -0.15) is 0 Å². The van der Waals surface area contributed by atoms with Crippen molar-refractivity contribution >= 4 is 16.7 Å². The summed E-state index contributed by atoms with van der Waals surface area (Å²) < 4.78 is 13.0. The molecule has 0 saturated carbocycles. The second-order valence-corrected chi connectivity index (χ2v) is 7.23. The molecule has 2 heterocycles. The van der Waals surface area contributed by atoms with Gasteiger partial charge < -0.3 is 19.8 Å². The predicted molar refractivity (Wildman–Crippen MR) is 112 cm³/mol.